The first-order valence-corrected chi connectivity index (χ1v) is 7.60. The molecule has 0 aliphatic carbocycles. The largest absolute Gasteiger partial charge is 0.348 e. The van der Waals surface area contributed by atoms with E-state index >= 15 is 0 Å². The van der Waals surface area contributed by atoms with Crippen molar-refractivity contribution in [2.24, 2.45) is 0 Å². The highest BCUT2D eigenvalue weighted by atomic mass is 35.5. The van der Waals surface area contributed by atoms with Gasteiger partial charge in [0.2, 0.25) is 0 Å². The van der Waals surface area contributed by atoms with Gasteiger partial charge in [-0.05, 0) is 42.0 Å². The molecule has 0 saturated heterocycles. The van der Waals surface area contributed by atoms with E-state index in [9.17, 15) is 9.18 Å². The molecule has 1 N–H and O–H groups in total. The lowest BCUT2D eigenvalue weighted by Crippen LogP contribution is -2.23. The maximum absolute atomic E-state index is 14.3. The van der Waals surface area contributed by atoms with Gasteiger partial charge < -0.3 is 5.32 Å². The van der Waals surface area contributed by atoms with Crippen LogP contribution in [0.15, 0.2) is 61.1 Å². The summed E-state index contributed by atoms with van der Waals surface area (Å²) in [6, 6.07) is 11.2. The molecule has 0 aliphatic rings. The predicted molar refractivity (Wildman–Crippen MR) is 90.0 cm³/mol. The summed E-state index contributed by atoms with van der Waals surface area (Å²) in [4.78, 5) is 20.2. The van der Waals surface area contributed by atoms with E-state index in [2.05, 4.69) is 15.3 Å². The Morgan fingerprint density at radius 2 is 1.92 bits per heavy atom. The minimum Gasteiger partial charge on any atom is -0.348 e. The number of nitrogens with zero attached hydrogens (tertiary/aromatic N) is 2. The van der Waals surface area contributed by atoms with Crippen LogP contribution in [0.2, 0.25) is 5.02 Å². The Bertz CT molecular complexity index is 871. The van der Waals surface area contributed by atoms with Gasteiger partial charge in [0, 0.05) is 30.7 Å². The molecule has 24 heavy (non-hydrogen) atoms. The number of carbonyl (C=O) groups is 1. The number of aromatic nitrogens is 2. The molecular formula is C18H13ClFN3O. The molecule has 0 aliphatic heterocycles. The van der Waals surface area contributed by atoms with E-state index in [0.29, 0.717) is 22.8 Å². The van der Waals surface area contributed by atoms with E-state index in [-0.39, 0.29) is 5.56 Å². The Kier molecular flexibility index (Phi) is 4.82. The third kappa shape index (κ3) is 3.58. The van der Waals surface area contributed by atoms with E-state index in [1.165, 1.54) is 12.1 Å². The van der Waals surface area contributed by atoms with Crippen LogP contribution in [-0.4, -0.2) is 15.9 Å². The Hall–Kier alpha value is -2.79. The molecule has 0 radical (unpaired) electrons. The molecule has 4 nitrogen and oxygen atoms in total. The predicted octanol–water partition coefficient (Wildman–Crippen LogP) is 3.87. The van der Waals surface area contributed by atoms with Crippen LogP contribution in [0.3, 0.4) is 0 Å². The van der Waals surface area contributed by atoms with Gasteiger partial charge in [0.25, 0.3) is 5.91 Å². The fourth-order valence-electron chi connectivity index (χ4n) is 2.22. The maximum Gasteiger partial charge on any atom is 0.254 e. The average molecular weight is 342 g/mol. The maximum atomic E-state index is 14.3. The van der Waals surface area contributed by atoms with Crippen LogP contribution in [0.5, 0.6) is 0 Å². The monoisotopic (exact) mass is 341 g/mol. The van der Waals surface area contributed by atoms with Gasteiger partial charge in [-0.2, -0.15) is 0 Å². The summed E-state index contributed by atoms with van der Waals surface area (Å²) < 4.78 is 14.3. The second kappa shape index (κ2) is 7.19. The number of hydrogen-bond acceptors (Lipinski definition) is 3. The van der Waals surface area contributed by atoms with Gasteiger partial charge in [-0.25, -0.2) is 4.39 Å². The van der Waals surface area contributed by atoms with Gasteiger partial charge >= 0.3 is 0 Å². The molecule has 120 valence electrons. The van der Waals surface area contributed by atoms with Crippen molar-refractivity contribution in [2.75, 3.05) is 0 Å². The van der Waals surface area contributed by atoms with Crippen molar-refractivity contribution in [3.63, 3.8) is 0 Å². The van der Waals surface area contributed by atoms with Gasteiger partial charge in [-0.15, -0.1) is 0 Å². The molecule has 2 heterocycles. The summed E-state index contributed by atoms with van der Waals surface area (Å²) in [5.41, 5.74) is 1.85. The number of benzene rings is 1. The van der Waals surface area contributed by atoms with Crippen LogP contribution >= 0.6 is 11.6 Å². The number of carbonyl (C=O) groups excluding carboxylic acids is 1. The average Bonchev–Trinajstić information content (AvgIpc) is 2.61. The summed E-state index contributed by atoms with van der Waals surface area (Å²) in [6.07, 6.45) is 4.84. The molecule has 0 unspecified atom stereocenters. The molecule has 0 bridgehead atoms. The summed E-state index contributed by atoms with van der Waals surface area (Å²) in [5, 5.41) is 3.10. The van der Waals surface area contributed by atoms with E-state index in [0.717, 1.165) is 5.56 Å². The Labute approximate surface area is 143 Å². The number of hydrogen-bond donors (Lipinski definition) is 1. The lowest BCUT2D eigenvalue weighted by molar-refractivity contribution is 0.0947. The van der Waals surface area contributed by atoms with Gasteiger partial charge in [0.05, 0.1) is 16.3 Å². The molecule has 6 heteroatoms. The van der Waals surface area contributed by atoms with Crippen molar-refractivity contribution in [1.82, 2.24) is 15.3 Å². The molecule has 0 spiro atoms. The molecule has 0 atom stereocenters. The van der Waals surface area contributed by atoms with Crippen molar-refractivity contribution in [2.45, 2.75) is 6.54 Å². The number of rotatable bonds is 4. The SMILES string of the molecule is O=C(NCc1ccncc1)c1ccc(-c2ncccc2Cl)cc1F. The van der Waals surface area contributed by atoms with E-state index < -0.39 is 11.7 Å². The Morgan fingerprint density at radius 1 is 1.12 bits per heavy atom. The number of nitrogens with one attached hydrogen (secondary N) is 1. The lowest BCUT2D eigenvalue weighted by Gasteiger charge is -2.08. The van der Waals surface area contributed by atoms with Crippen LogP contribution < -0.4 is 5.32 Å². The molecule has 1 amide bonds. The van der Waals surface area contributed by atoms with Gasteiger partial charge in [-0.1, -0.05) is 17.7 Å². The van der Waals surface area contributed by atoms with Gasteiger partial charge in [-0.3, -0.25) is 14.8 Å². The van der Waals surface area contributed by atoms with Crippen molar-refractivity contribution >= 4 is 17.5 Å². The molecule has 3 aromatic rings. The fourth-order valence-corrected chi connectivity index (χ4v) is 2.45. The van der Waals surface area contributed by atoms with E-state index in [1.807, 2.05) is 0 Å². The van der Waals surface area contributed by atoms with Crippen molar-refractivity contribution in [3.05, 3.63) is 83.0 Å². The second-order valence-electron chi connectivity index (χ2n) is 5.07. The zero-order valence-electron chi connectivity index (χ0n) is 12.5. The molecule has 1 aromatic carbocycles. The zero-order valence-corrected chi connectivity index (χ0v) is 13.3. The number of halogens is 2. The quantitative estimate of drug-likeness (QED) is 0.783. The van der Waals surface area contributed by atoms with Crippen molar-refractivity contribution in [1.29, 1.82) is 0 Å². The van der Waals surface area contributed by atoms with Gasteiger partial charge in [0.1, 0.15) is 5.82 Å². The number of amides is 1. The third-order valence-corrected chi connectivity index (χ3v) is 3.75. The lowest BCUT2D eigenvalue weighted by atomic mass is 10.1. The third-order valence-electron chi connectivity index (χ3n) is 3.45. The summed E-state index contributed by atoms with van der Waals surface area (Å²) >= 11 is 6.06. The minimum absolute atomic E-state index is 0.0279. The first kappa shape index (κ1) is 16.1. The van der Waals surface area contributed by atoms with E-state index in [1.54, 1.807) is 48.9 Å². The highest BCUT2D eigenvalue weighted by Gasteiger charge is 2.14. The highest BCUT2D eigenvalue weighted by molar-refractivity contribution is 6.33. The van der Waals surface area contributed by atoms with Crippen LogP contribution in [0.1, 0.15) is 15.9 Å². The highest BCUT2D eigenvalue weighted by Crippen LogP contribution is 2.26. The Balaban J connectivity index is 1.77. The summed E-state index contributed by atoms with van der Waals surface area (Å²) in [5.74, 6) is -1.11. The van der Waals surface area contributed by atoms with Crippen molar-refractivity contribution in [3.8, 4) is 11.3 Å². The summed E-state index contributed by atoms with van der Waals surface area (Å²) in [7, 11) is 0. The first-order valence-electron chi connectivity index (χ1n) is 7.22. The molecular weight excluding hydrogens is 329 g/mol. The van der Waals surface area contributed by atoms with E-state index in [4.69, 9.17) is 11.6 Å². The zero-order chi connectivity index (χ0) is 16.9. The summed E-state index contributed by atoms with van der Waals surface area (Å²) in [6.45, 7) is 0.300. The van der Waals surface area contributed by atoms with Crippen LogP contribution in [-0.2, 0) is 6.54 Å². The standard InChI is InChI=1S/C18H13ClFN3O/c19-15-2-1-7-22-17(15)13-3-4-14(16(20)10-13)18(24)23-11-12-5-8-21-9-6-12/h1-10H,11H2,(H,23,24). The topological polar surface area (TPSA) is 54.9 Å². The second-order valence-corrected chi connectivity index (χ2v) is 5.47. The normalized spacial score (nSPS) is 10.4. The molecule has 0 fully saturated rings. The van der Waals surface area contributed by atoms with Gasteiger partial charge in [0.15, 0.2) is 0 Å². The van der Waals surface area contributed by atoms with Crippen LogP contribution in [0, 0.1) is 5.82 Å². The smallest absolute Gasteiger partial charge is 0.254 e. The fraction of sp³-hybridized carbons (Fsp3) is 0.0556. The molecule has 2 aromatic heterocycles. The number of pyridine rings is 2. The van der Waals surface area contributed by atoms with Crippen LogP contribution in [0.25, 0.3) is 11.3 Å². The molecule has 3 rings (SSSR count). The molecule has 0 saturated carbocycles. The first-order chi connectivity index (χ1) is 11.6. The van der Waals surface area contributed by atoms with Crippen LogP contribution in [0.4, 0.5) is 4.39 Å². The van der Waals surface area contributed by atoms with Crippen molar-refractivity contribution < 1.29 is 9.18 Å². The Morgan fingerprint density at radius 3 is 2.62 bits per heavy atom. The minimum atomic E-state index is -0.624.